The number of carbonyl (C=O) groups is 1. The fraction of sp³-hybridized carbons (Fsp3) is 0.389. The zero-order valence-corrected chi connectivity index (χ0v) is 14.0. The van der Waals surface area contributed by atoms with Crippen LogP contribution in [0.2, 0.25) is 0 Å². The number of hydrogen-bond donors (Lipinski definition) is 2. The molecule has 1 amide bonds. The Kier molecular flexibility index (Phi) is 5.77. The van der Waals surface area contributed by atoms with Crippen LogP contribution in [-0.4, -0.2) is 31.3 Å². The Morgan fingerprint density at radius 2 is 1.96 bits per heavy atom. The van der Waals surface area contributed by atoms with Crippen molar-refractivity contribution in [2.24, 2.45) is 0 Å². The second kappa shape index (κ2) is 8.22. The molecule has 1 aromatic heterocycles. The largest absolute Gasteiger partial charge is 0.463 e. The van der Waals surface area contributed by atoms with Gasteiger partial charge in [0.2, 0.25) is 5.91 Å². The molecule has 5 heteroatoms. The molecule has 0 saturated carbocycles. The van der Waals surface area contributed by atoms with E-state index in [1.807, 2.05) is 42.5 Å². The summed E-state index contributed by atoms with van der Waals surface area (Å²) in [7, 11) is 0. The predicted octanol–water partition coefficient (Wildman–Crippen LogP) is 1.91. The summed E-state index contributed by atoms with van der Waals surface area (Å²) >= 11 is 1.57. The van der Waals surface area contributed by atoms with Crippen molar-refractivity contribution in [2.45, 2.75) is 23.8 Å². The van der Waals surface area contributed by atoms with E-state index in [-0.39, 0.29) is 11.9 Å². The highest BCUT2D eigenvalue weighted by Gasteiger charge is 2.29. The standard InChI is InChI=1S/C18H22N2O2S/c21-18(14-23-15-7-2-1-3-8-15)19-13-16(17-9-6-12-22-17)20-10-4-5-11-20/h1-3,6-9,12,16H,4-5,10-11,13-14H2,(H,19,21)/p+1/t16-/m1/s1. The van der Waals surface area contributed by atoms with Crippen LogP contribution in [0.15, 0.2) is 58.0 Å². The summed E-state index contributed by atoms with van der Waals surface area (Å²) < 4.78 is 5.59. The number of rotatable bonds is 7. The number of quaternary nitrogens is 1. The lowest BCUT2D eigenvalue weighted by Gasteiger charge is -2.23. The quantitative estimate of drug-likeness (QED) is 0.762. The molecule has 3 rings (SSSR count). The second-order valence-electron chi connectivity index (χ2n) is 5.84. The fourth-order valence-electron chi connectivity index (χ4n) is 3.05. The SMILES string of the molecule is O=C(CSc1ccccc1)NC[C@H](c1ccco1)[NH+]1CCCC1. The van der Waals surface area contributed by atoms with E-state index < -0.39 is 0 Å². The summed E-state index contributed by atoms with van der Waals surface area (Å²) in [5.74, 6) is 1.50. The normalized spacial score (nSPS) is 16.3. The molecule has 1 fully saturated rings. The lowest BCUT2D eigenvalue weighted by atomic mass is 10.2. The van der Waals surface area contributed by atoms with Crippen LogP contribution in [0, 0.1) is 0 Å². The molecular weight excluding hydrogens is 308 g/mol. The monoisotopic (exact) mass is 331 g/mol. The third-order valence-corrected chi connectivity index (χ3v) is 5.25. The number of benzene rings is 1. The van der Waals surface area contributed by atoms with Crippen LogP contribution in [0.4, 0.5) is 0 Å². The first-order valence-corrected chi connectivity index (χ1v) is 9.14. The van der Waals surface area contributed by atoms with Crippen molar-refractivity contribution >= 4 is 17.7 Å². The molecular formula is C18H23N2O2S+. The van der Waals surface area contributed by atoms with Crippen LogP contribution in [0.25, 0.3) is 0 Å². The maximum atomic E-state index is 12.1. The van der Waals surface area contributed by atoms with Crippen LogP contribution in [0.3, 0.4) is 0 Å². The molecule has 23 heavy (non-hydrogen) atoms. The summed E-state index contributed by atoms with van der Waals surface area (Å²) in [6, 6.07) is 14.2. The van der Waals surface area contributed by atoms with Gasteiger partial charge >= 0.3 is 0 Å². The van der Waals surface area contributed by atoms with Crippen LogP contribution in [-0.2, 0) is 4.79 Å². The Morgan fingerprint density at radius 1 is 1.17 bits per heavy atom. The minimum atomic E-state index is 0.0778. The smallest absolute Gasteiger partial charge is 0.230 e. The molecule has 1 aliphatic rings. The Balaban J connectivity index is 1.51. The molecule has 0 unspecified atom stereocenters. The van der Waals surface area contributed by atoms with Gasteiger partial charge in [-0.25, -0.2) is 0 Å². The molecule has 0 radical (unpaired) electrons. The van der Waals surface area contributed by atoms with Crippen molar-refractivity contribution in [3.8, 4) is 0 Å². The summed E-state index contributed by atoms with van der Waals surface area (Å²) in [4.78, 5) is 14.8. The lowest BCUT2D eigenvalue weighted by molar-refractivity contribution is -0.919. The summed E-state index contributed by atoms with van der Waals surface area (Å²) in [5, 5.41) is 3.08. The van der Waals surface area contributed by atoms with E-state index >= 15 is 0 Å². The van der Waals surface area contributed by atoms with Crippen LogP contribution >= 0.6 is 11.8 Å². The van der Waals surface area contributed by atoms with Gasteiger partial charge in [-0.05, 0) is 24.3 Å². The summed E-state index contributed by atoms with van der Waals surface area (Å²) in [5.41, 5.74) is 0. The van der Waals surface area contributed by atoms with Gasteiger partial charge < -0.3 is 14.6 Å². The number of thioether (sulfide) groups is 1. The number of hydrogen-bond acceptors (Lipinski definition) is 3. The zero-order valence-electron chi connectivity index (χ0n) is 13.2. The number of nitrogens with one attached hydrogen (secondary N) is 2. The number of amides is 1. The number of carbonyl (C=O) groups excluding carboxylic acids is 1. The molecule has 4 nitrogen and oxygen atoms in total. The number of furan rings is 1. The van der Waals surface area contributed by atoms with Crippen molar-refractivity contribution in [1.82, 2.24) is 5.32 Å². The Morgan fingerprint density at radius 3 is 2.65 bits per heavy atom. The highest BCUT2D eigenvalue weighted by atomic mass is 32.2. The molecule has 1 aromatic carbocycles. The van der Waals surface area contributed by atoms with Gasteiger partial charge in [-0.2, -0.15) is 0 Å². The molecule has 2 heterocycles. The average Bonchev–Trinajstić information content (AvgIpc) is 3.28. The van der Waals surface area contributed by atoms with E-state index in [1.165, 1.54) is 17.7 Å². The van der Waals surface area contributed by atoms with Gasteiger partial charge in [0.05, 0.1) is 31.7 Å². The molecule has 2 N–H and O–H groups in total. The molecule has 2 aromatic rings. The van der Waals surface area contributed by atoms with Gasteiger partial charge in [-0.15, -0.1) is 11.8 Å². The van der Waals surface area contributed by atoms with Gasteiger partial charge in [0.1, 0.15) is 0 Å². The third-order valence-electron chi connectivity index (χ3n) is 4.24. The topological polar surface area (TPSA) is 46.7 Å². The maximum Gasteiger partial charge on any atom is 0.230 e. The first kappa shape index (κ1) is 16.1. The van der Waals surface area contributed by atoms with Crippen molar-refractivity contribution in [3.63, 3.8) is 0 Å². The maximum absolute atomic E-state index is 12.1. The van der Waals surface area contributed by atoms with Gasteiger partial charge in [-0.3, -0.25) is 4.79 Å². The third kappa shape index (κ3) is 4.62. The van der Waals surface area contributed by atoms with Crippen LogP contribution in [0.5, 0.6) is 0 Å². The Labute approximate surface area is 141 Å². The highest BCUT2D eigenvalue weighted by Crippen LogP contribution is 2.16. The van der Waals surface area contributed by atoms with Crippen molar-refractivity contribution < 1.29 is 14.1 Å². The first-order chi connectivity index (χ1) is 11.3. The molecule has 0 spiro atoms. The minimum Gasteiger partial charge on any atom is -0.463 e. The summed E-state index contributed by atoms with van der Waals surface area (Å²) in [6.45, 7) is 2.94. The van der Waals surface area contributed by atoms with E-state index in [9.17, 15) is 4.79 Å². The Bertz CT molecular complexity index is 595. The lowest BCUT2D eigenvalue weighted by Crippen LogP contribution is -3.11. The van der Waals surface area contributed by atoms with Crippen molar-refractivity contribution in [1.29, 1.82) is 0 Å². The fourth-order valence-corrected chi connectivity index (χ4v) is 3.80. The van der Waals surface area contributed by atoms with Crippen molar-refractivity contribution in [2.75, 3.05) is 25.4 Å². The van der Waals surface area contributed by atoms with E-state index in [0.29, 0.717) is 12.3 Å². The number of likely N-dealkylation sites (tertiary alicyclic amines) is 1. The van der Waals surface area contributed by atoms with E-state index in [2.05, 4.69) is 5.32 Å². The van der Waals surface area contributed by atoms with Gasteiger partial charge in [0.25, 0.3) is 0 Å². The molecule has 0 aliphatic carbocycles. The zero-order chi connectivity index (χ0) is 15.9. The van der Waals surface area contributed by atoms with E-state index in [0.717, 1.165) is 23.7 Å². The molecule has 0 bridgehead atoms. The van der Waals surface area contributed by atoms with E-state index in [4.69, 9.17) is 4.42 Å². The summed E-state index contributed by atoms with van der Waals surface area (Å²) in [6.07, 6.45) is 4.22. The van der Waals surface area contributed by atoms with Crippen molar-refractivity contribution in [3.05, 3.63) is 54.5 Å². The predicted molar refractivity (Wildman–Crippen MR) is 91.6 cm³/mol. The minimum absolute atomic E-state index is 0.0778. The Hall–Kier alpha value is -1.72. The second-order valence-corrected chi connectivity index (χ2v) is 6.89. The van der Waals surface area contributed by atoms with Crippen LogP contribution < -0.4 is 10.2 Å². The van der Waals surface area contributed by atoms with Gasteiger partial charge in [-0.1, -0.05) is 18.2 Å². The first-order valence-electron chi connectivity index (χ1n) is 8.15. The molecule has 122 valence electrons. The average molecular weight is 331 g/mol. The molecule has 1 atom stereocenters. The molecule has 1 saturated heterocycles. The highest BCUT2D eigenvalue weighted by molar-refractivity contribution is 8.00. The van der Waals surface area contributed by atoms with Gasteiger partial charge in [0, 0.05) is 17.7 Å². The van der Waals surface area contributed by atoms with Crippen LogP contribution in [0.1, 0.15) is 24.6 Å². The van der Waals surface area contributed by atoms with Gasteiger partial charge in [0.15, 0.2) is 11.8 Å². The molecule has 1 aliphatic heterocycles. The van der Waals surface area contributed by atoms with E-state index in [1.54, 1.807) is 18.0 Å².